The average Bonchev–Trinajstić information content (AvgIpc) is 2.28. The molecule has 84 valence electrons. The van der Waals surface area contributed by atoms with Gasteiger partial charge in [-0.3, -0.25) is 14.4 Å². The van der Waals surface area contributed by atoms with Crippen LogP contribution in [0.4, 0.5) is 0 Å². The molecule has 0 atom stereocenters. The number of aliphatic carboxylic acids is 1. The average molecular weight is 214 g/mol. The van der Waals surface area contributed by atoms with Gasteiger partial charge >= 0.3 is 5.97 Å². The second-order valence-electron chi connectivity index (χ2n) is 3.55. The Bertz CT molecular complexity index is 290. The third-order valence-corrected chi connectivity index (χ3v) is 2.33. The molecule has 1 saturated heterocycles. The summed E-state index contributed by atoms with van der Waals surface area (Å²) in [6.07, 6.45) is 0.143. The number of carbonyl (C=O) groups is 3. The first-order valence-electron chi connectivity index (χ1n) is 4.74. The third-order valence-electron chi connectivity index (χ3n) is 2.33. The van der Waals surface area contributed by atoms with Gasteiger partial charge in [0.1, 0.15) is 6.42 Å². The second-order valence-corrected chi connectivity index (χ2v) is 3.55. The van der Waals surface area contributed by atoms with Crippen molar-refractivity contribution < 1.29 is 19.5 Å². The van der Waals surface area contributed by atoms with Crippen LogP contribution < -0.4 is 0 Å². The molecule has 6 heteroatoms. The van der Waals surface area contributed by atoms with Crippen molar-refractivity contribution in [1.29, 1.82) is 0 Å². The Kier molecular flexibility index (Phi) is 3.65. The van der Waals surface area contributed by atoms with Crippen LogP contribution in [0.15, 0.2) is 0 Å². The highest BCUT2D eigenvalue weighted by Crippen LogP contribution is 2.04. The van der Waals surface area contributed by atoms with E-state index in [1.54, 1.807) is 11.9 Å². The van der Waals surface area contributed by atoms with Crippen LogP contribution in [0.3, 0.4) is 0 Å². The fourth-order valence-electron chi connectivity index (χ4n) is 1.44. The van der Waals surface area contributed by atoms with Crippen LogP contribution in [0.25, 0.3) is 0 Å². The molecule has 1 rings (SSSR count). The second kappa shape index (κ2) is 4.77. The summed E-state index contributed by atoms with van der Waals surface area (Å²) >= 11 is 0. The first-order valence-corrected chi connectivity index (χ1v) is 4.74. The number of carboxylic acid groups (broad SMARTS) is 1. The van der Waals surface area contributed by atoms with Gasteiger partial charge in [-0.15, -0.1) is 0 Å². The van der Waals surface area contributed by atoms with E-state index >= 15 is 0 Å². The van der Waals surface area contributed by atoms with E-state index in [0.717, 1.165) is 0 Å². The van der Waals surface area contributed by atoms with Gasteiger partial charge in [0.05, 0.1) is 6.54 Å². The smallest absolute Gasteiger partial charge is 0.312 e. The molecule has 0 spiro atoms. The summed E-state index contributed by atoms with van der Waals surface area (Å²) in [6.45, 7) is 1.04. The van der Waals surface area contributed by atoms with E-state index in [0.29, 0.717) is 19.5 Å². The highest BCUT2D eigenvalue weighted by Gasteiger charge is 2.23. The summed E-state index contributed by atoms with van der Waals surface area (Å²) < 4.78 is 0. The Labute approximate surface area is 87.5 Å². The maximum absolute atomic E-state index is 11.4. The van der Waals surface area contributed by atoms with E-state index in [9.17, 15) is 14.4 Å². The van der Waals surface area contributed by atoms with Crippen molar-refractivity contribution in [3.05, 3.63) is 0 Å². The Hall–Kier alpha value is -1.59. The zero-order valence-corrected chi connectivity index (χ0v) is 8.60. The summed E-state index contributed by atoms with van der Waals surface area (Å²) in [7, 11) is 1.67. The lowest BCUT2D eigenvalue weighted by molar-refractivity contribution is -0.146. The largest absolute Gasteiger partial charge is 0.481 e. The topological polar surface area (TPSA) is 77.9 Å². The van der Waals surface area contributed by atoms with Crippen LogP contribution in [0.5, 0.6) is 0 Å². The molecule has 1 N–H and O–H groups in total. The first-order chi connectivity index (χ1) is 7.00. The molecule has 0 aliphatic carbocycles. The van der Waals surface area contributed by atoms with E-state index < -0.39 is 18.3 Å². The summed E-state index contributed by atoms with van der Waals surface area (Å²) in [5.74, 6) is -1.80. The van der Waals surface area contributed by atoms with E-state index in [4.69, 9.17) is 5.11 Å². The summed E-state index contributed by atoms with van der Waals surface area (Å²) in [4.78, 5) is 36.0. The Morgan fingerprint density at radius 2 is 2.07 bits per heavy atom. The minimum atomic E-state index is -1.16. The van der Waals surface area contributed by atoms with Gasteiger partial charge in [-0.1, -0.05) is 0 Å². The summed E-state index contributed by atoms with van der Waals surface area (Å²) in [5.41, 5.74) is 0. The molecule has 1 aliphatic rings. The standard InChI is InChI=1S/C9H14N2O4/c1-10-3-2-4-11(6-8(10)13)7(12)5-9(14)15/h2-6H2,1H3,(H,14,15). The van der Waals surface area contributed by atoms with Crippen LogP contribution >= 0.6 is 0 Å². The SMILES string of the molecule is CN1CCCN(C(=O)CC(=O)O)CC1=O. The fourth-order valence-corrected chi connectivity index (χ4v) is 1.44. The van der Waals surface area contributed by atoms with Gasteiger partial charge in [0, 0.05) is 20.1 Å². The third kappa shape index (κ3) is 3.23. The van der Waals surface area contributed by atoms with Gasteiger partial charge in [0.15, 0.2) is 0 Å². The van der Waals surface area contributed by atoms with Gasteiger partial charge in [-0.2, -0.15) is 0 Å². The number of hydrogen-bond acceptors (Lipinski definition) is 3. The molecule has 0 aromatic heterocycles. The Morgan fingerprint density at radius 1 is 1.40 bits per heavy atom. The number of rotatable bonds is 2. The van der Waals surface area contributed by atoms with E-state index in [1.165, 1.54) is 4.90 Å². The summed E-state index contributed by atoms with van der Waals surface area (Å²) in [5, 5.41) is 8.46. The van der Waals surface area contributed by atoms with Gasteiger partial charge in [-0.05, 0) is 6.42 Å². The van der Waals surface area contributed by atoms with Gasteiger partial charge < -0.3 is 14.9 Å². The van der Waals surface area contributed by atoms with Gasteiger partial charge in [0.2, 0.25) is 11.8 Å². The minimum Gasteiger partial charge on any atom is -0.481 e. The fraction of sp³-hybridized carbons (Fsp3) is 0.667. The molecular weight excluding hydrogens is 200 g/mol. The highest BCUT2D eigenvalue weighted by molar-refractivity contribution is 5.95. The van der Waals surface area contributed by atoms with Crippen LogP contribution in [-0.4, -0.2) is 59.4 Å². The molecule has 2 amide bonds. The van der Waals surface area contributed by atoms with Crippen molar-refractivity contribution in [3.63, 3.8) is 0 Å². The van der Waals surface area contributed by atoms with E-state index in [2.05, 4.69) is 0 Å². The van der Waals surface area contributed by atoms with Crippen molar-refractivity contribution in [2.75, 3.05) is 26.7 Å². The normalized spacial score (nSPS) is 17.5. The zero-order chi connectivity index (χ0) is 11.4. The van der Waals surface area contributed by atoms with Gasteiger partial charge in [-0.25, -0.2) is 0 Å². The molecule has 6 nitrogen and oxygen atoms in total. The van der Waals surface area contributed by atoms with Crippen molar-refractivity contribution in [1.82, 2.24) is 9.80 Å². The molecule has 0 unspecified atom stereocenters. The van der Waals surface area contributed by atoms with Crippen molar-refractivity contribution >= 4 is 17.8 Å². The lowest BCUT2D eigenvalue weighted by Gasteiger charge is -2.18. The Balaban J connectivity index is 2.58. The van der Waals surface area contributed by atoms with Crippen molar-refractivity contribution in [3.8, 4) is 0 Å². The molecule has 15 heavy (non-hydrogen) atoms. The maximum atomic E-state index is 11.4. The van der Waals surface area contributed by atoms with Crippen LogP contribution in [0.1, 0.15) is 12.8 Å². The Morgan fingerprint density at radius 3 is 2.67 bits per heavy atom. The molecule has 1 aliphatic heterocycles. The van der Waals surface area contributed by atoms with E-state index in [-0.39, 0.29) is 12.5 Å². The predicted molar refractivity (Wildman–Crippen MR) is 51.1 cm³/mol. The first kappa shape index (κ1) is 11.5. The van der Waals surface area contributed by atoms with Crippen LogP contribution in [0, 0.1) is 0 Å². The number of amides is 2. The number of carbonyl (C=O) groups excluding carboxylic acids is 2. The van der Waals surface area contributed by atoms with Crippen molar-refractivity contribution in [2.24, 2.45) is 0 Å². The molecule has 1 fully saturated rings. The molecule has 1 heterocycles. The number of hydrogen-bond donors (Lipinski definition) is 1. The van der Waals surface area contributed by atoms with Crippen LogP contribution in [0.2, 0.25) is 0 Å². The summed E-state index contributed by atoms with van der Waals surface area (Å²) in [6, 6.07) is 0. The molecule has 0 aromatic carbocycles. The zero-order valence-electron chi connectivity index (χ0n) is 8.60. The van der Waals surface area contributed by atoms with E-state index in [1.807, 2.05) is 0 Å². The maximum Gasteiger partial charge on any atom is 0.312 e. The predicted octanol–water partition coefficient (Wildman–Crippen LogP) is -0.848. The van der Waals surface area contributed by atoms with Gasteiger partial charge in [0.25, 0.3) is 0 Å². The number of likely N-dealkylation sites (N-methyl/N-ethyl adjacent to an activating group) is 1. The highest BCUT2D eigenvalue weighted by atomic mass is 16.4. The molecule has 0 radical (unpaired) electrons. The number of nitrogens with zero attached hydrogens (tertiary/aromatic N) is 2. The number of carboxylic acids is 1. The molecule has 0 bridgehead atoms. The van der Waals surface area contributed by atoms with Crippen molar-refractivity contribution in [2.45, 2.75) is 12.8 Å². The van der Waals surface area contributed by atoms with Crippen LogP contribution in [-0.2, 0) is 14.4 Å². The monoisotopic (exact) mass is 214 g/mol. The molecule has 0 aromatic rings. The quantitative estimate of drug-likeness (QED) is 0.607. The molecule has 0 saturated carbocycles. The molecular formula is C9H14N2O4. The lowest BCUT2D eigenvalue weighted by Crippen LogP contribution is -2.38. The minimum absolute atomic E-state index is 0.0113. The lowest BCUT2D eigenvalue weighted by atomic mass is 10.3.